The summed E-state index contributed by atoms with van der Waals surface area (Å²) in [5, 5.41) is 0. The summed E-state index contributed by atoms with van der Waals surface area (Å²) in [6, 6.07) is 0. The lowest BCUT2D eigenvalue weighted by Crippen LogP contribution is -2.26. The Bertz CT molecular complexity index is 561. The van der Waals surface area contributed by atoms with Gasteiger partial charge in [0.2, 0.25) is 11.8 Å². The van der Waals surface area contributed by atoms with Crippen molar-refractivity contribution in [3.05, 3.63) is 6.33 Å². The van der Waals surface area contributed by atoms with Crippen LogP contribution in [-0.4, -0.2) is 26.0 Å². The van der Waals surface area contributed by atoms with E-state index >= 15 is 0 Å². The molecule has 6 nitrogen and oxygen atoms in total. The number of rotatable bonds is 3. The predicted molar refractivity (Wildman–Crippen MR) is 72.8 cm³/mol. The average molecular weight is 261 g/mol. The zero-order chi connectivity index (χ0) is 13.2. The number of anilines is 1. The quantitative estimate of drug-likeness (QED) is 0.884. The minimum atomic E-state index is 0.134. The molecule has 2 heterocycles. The molecule has 102 valence electrons. The largest absolute Gasteiger partial charge is 0.473 e. The van der Waals surface area contributed by atoms with Crippen LogP contribution in [0.2, 0.25) is 0 Å². The first kappa shape index (κ1) is 12.2. The molecule has 1 saturated carbocycles. The topological polar surface area (TPSA) is 89.7 Å². The third-order valence-electron chi connectivity index (χ3n) is 3.88. The molecule has 3 N–H and O–H groups in total. The minimum absolute atomic E-state index is 0.134. The number of nitrogen functional groups attached to an aromatic ring is 1. The van der Waals surface area contributed by atoms with Gasteiger partial charge in [0.25, 0.3) is 0 Å². The monoisotopic (exact) mass is 261 g/mol. The number of aromatic nitrogens is 4. The van der Waals surface area contributed by atoms with Crippen molar-refractivity contribution in [1.82, 2.24) is 19.9 Å². The summed E-state index contributed by atoms with van der Waals surface area (Å²) in [5.74, 6) is 1.29. The average Bonchev–Trinajstić information content (AvgIpc) is 2.88. The SMILES string of the molecule is CC(Oc1nc(N)nc2[nH]cnc12)C1CCCCC1. The number of fused-ring (bicyclic) bond motifs is 1. The van der Waals surface area contributed by atoms with Crippen molar-refractivity contribution in [3.63, 3.8) is 0 Å². The van der Waals surface area contributed by atoms with Gasteiger partial charge in [-0.1, -0.05) is 19.3 Å². The lowest BCUT2D eigenvalue weighted by Gasteiger charge is -2.27. The second-order valence-electron chi connectivity index (χ2n) is 5.21. The lowest BCUT2D eigenvalue weighted by atomic mass is 9.86. The van der Waals surface area contributed by atoms with Gasteiger partial charge in [-0.05, 0) is 25.7 Å². The normalized spacial score (nSPS) is 18.6. The van der Waals surface area contributed by atoms with E-state index in [2.05, 4.69) is 26.9 Å². The van der Waals surface area contributed by atoms with Crippen molar-refractivity contribution >= 4 is 17.1 Å². The van der Waals surface area contributed by atoms with Crippen molar-refractivity contribution in [2.45, 2.75) is 45.1 Å². The molecule has 1 aliphatic carbocycles. The summed E-state index contributed by atoms with van der Waals surface area (Å²) in [7, 11) is 0. The Morgan fingerprint density at radius 2 is 2.11 bits per heavy atom. The van der Waals surface area contributed by atoms with Gasteiger partial charge in [-0.15, -0.1) is 0 Å². The van der Waals surface area contributed by atoms with Gasteiger partial charge in [0.15, 0.2) is 11.2 Å². The van der Waals surface area contributed by atoms with Gasteiger partial charge in [-0.2, -0.15) is 9.97 Å². The van der Waals surface area contributed by atoms with Gasteiger partial charge >= 0.3 is 0 Å². The third-order valence-corrected chi connectivity index (χ3v) is 3.88. The van der Waals surface area contributed by atoms with Crippen molar-refractivity contribution < 1.29 is 4.74 Å². The molecule has 19 heavy (non-hydrogen) atoms. The zero-order valence-electron chi connectivity index (χ0n) is 11.1. The van der Waals surface area contributed by atoms with E-state index in [1.165, 1.54) is 32.1 Å². The zero-order valence-corrected chi connectivity index (χ0v) is 11.1. The molecule has 1 atom stereocenters. The van der Waals surface area contributed by atoms with Crippen molar-refractivity contribution in [2.24, 2.45) is 5.92 Å². The van der Waals surface area contributed by atoms with Crippen LogP contribution in [0, 0.1) is 5.92 Å². The van der Waals surface area contributed by atoms with Gasteiger partial charge < -0.3 is 15.5 Å². The maximum Gasteiger partial charge on any atom is 0.247 e. The van der Waals surface area contributed by atoms with E-state index in [1.807, 2.05) is 0 Å². The fourth-order valence-corrected chi connectivity index (χ4v) is 2.78. The molecule has 2 aromatic rings. The Morgan fingerprint density at radius 3 is 2.89 bits per heavy atom. The molecule has 0 amide bonds. The standard InChI is InChI=1S/C13H19N5O/c1-8(9-5-3-2-4-6-9)19-12-10-11(16-7-15-10)17-13(14)18-12/h7-9H,2-6H2,1H3,(H3,14,15,16,17,18). The Kier molecular flexibility index (Phi) is 3.23. The number of nitrogens with two attached hydrogens (primary N) is 1. The molecule has 2 aromatic heterocycles. The molecular formula is C13H19N5O. The Labute approximate surface area is 111 Å². The number of imidazole rings is 1. The highest BCUT2D eigenvalue weighted by atomic mass is 16.5. The Morgan fingerprint density at radius 1 is 1.32 bits per heavy atom. The molecule has 1 fully saturated rings. The fraction of sp³-hybridized carbons (Fsp3) is 0.615. The highest BCUT2D eigenvalue weighted by Gasteiger charge is 2.23. The van der Waals surface area contributed by atoms with Crippen LogP contribution < -0.4 is 10.5 Å². The molecule has 0 spiro atoms. The van der Waals surface area contributed by atoms with Gasteiger partial charge in [0.05, 0.1) is 6.33 Å². The number of hydrogen-bond donors (Lipinski definition) is 2. The van der Waals surface area contributed by atoms with Gasteiger partial charge in [-0.3, -0.25) is 0 Å². The van der Waals surface area contributed by atoms with E-state index in [4.69, 9.17) is 10.5 Å². The molecule has 0 aliphatic heterocycles. The van der Waals surface area contributed by atoms with Crippen LogP contribution in [0.3, 0.4) is 0 Å². The number of nitrogens with zero attached hydrogens (tertiary/aromatic N) is 3. The first-order valence-corrected chi connectivity index (χ1v) is 6.87. The summed E-state index contributed by atoms with van der Waals surface area (Å²) in [5.41, 5.74) is 6.96. The molecule has 1 unspecified atom stereocenters. The maximum absolute atomic E-state index is 5.99. The predicted octanol–water partition coefficient (Wildman–Crippen LogP) is 2.28. The molecule has 0 radical (unpaired) electrons. The third kappa shape index (κ3) is 2.47. The number of H-pyrrole nitrogens is 1. The molecule has 6 heteroatoms. The van der Waals surface area contributed by atoms with Crippen molar-refractivity contribution in [1.29, 1.82) is 0 Å². The Balaban J connectivity index is 1.82. The Hall–Kier alpha value is -1.85. The van der Waals surface area contributed by atoms with E-state index in [-0.39, 0.29) is 12.1 Å². The summed E-state index contributed by atoms with van der Waals surface area (Å²) >= 11 is 0. The van der Waals surface area contributed by atoms with Crippen LogP contribution >= 0.6 is 0 Å². The highest BCUT2D eigenvalue weighted by molar-refractivity contribution is 5.76. The summed E-state index contributed by atoms with van der Waals surface area (Å²) < 4.78 is 5.99. The van der Waals surface area contributed by atoms with Crippen LogP contribution in [0.1, 0.15) is 39.0 Å². The van der Waals surface area contributed by atoms with Crippen LogP contribution in [0.5, 0.6) is 5.88 Å². The maximum atomic E-state index is 5.99. The van der Waals surface area contributed by atoms with E-state index in [0.717, 1.165) is 0 Å². The van der Waals surface area contributed by atoms with E-state index in [0.29, 0.717) is 23.0 Å². The highest BCUT2D eigenvalue weighted by Crippen LogP contribution is 2.30. The lowest BCUT2D eigenvalue weighted by molar-refractivity contribution is 0.120. The summed E-state index contributed by atoms with van der Waals surface area (Å²) in [6.45, 7) is 2.10. The first-order valence-electron chi connectivity index (χ1n) is 6.87. The van der Waals surface area contributed by atoms with Crippen LogP contribution in [0.4, 0.5) is 5.95 Å². The van der Waals surface area contributed by atoms with E-state index < -0.39 is 0 Å². The molecule has 0 aromatic carbocycles. The number of nitrogens with one attached hydrogen (secondary N) is 1. The molecule has 0 bridgehead atoms. The second kappa shape index (κ2) is 5.03. The molecule has 1 aliphatic rings. The fourth-order valence-electron chi connectivity index (χ4n) is 2.78. The summed E-state index contributed by atoms with van der Waals surface area (Å²) in [4.78, 5) is 15.4. The number of ether oxygens (including phenoxy) is 1. The summed E-state index contributed by atoms with van der Waals surface area (Å²) in [6.07, 6.45) is 8.10. The van der Waals surface area contributed by atoms with Crippen molar-refractivity contribution in [2.75, 3.05) is 5.73 Å². The molecule has 3 rings (SSSR count). The van der Waals surface area contributed by atoms with Gasteiger partial charge in [0.1, 0.15) is 6.10 Å². The van der Waals surface area contributed by atoms with E-state index in [1.54, 1.807) is 6.33 Å². The molecular weight excluding hydrogens is 242 g/mol. The van der Waals surface area contributed by atoms with Crippen LogP contribution in [-0.2, 0) is 0 Å². The van der Waals surface area contributed by atoms with Crippen molar-refractivity contribution in [3.8, 4) is 5.88 Å². The van der Waals surface area contributed by atoms with Crippen LogP contribution in [0.15, 0.2) is 6.33 Å². The second-order valence-corrected chi connectivity index (χ2v) is 5.21. The first-order chi connectivity index (χ1) is 9.24. The number of aromatic amines is 1. The van der Waals surface area contributed by atoms with Crippen LogP contribution in [0.25, 0.3) is 11.2 Å². The smallest absolute Gasteiger partial charge is 0.247 e. The number of hydrogen-bond acceptors (Lipinski definition) is 5. The van der Waals surface area contributed by atoms with Gasteiger partial charge in [-0.25, -0.2) is 4.98 Å². The van der Waals surface area contributed by atoms with Gasteiger partial charge in [0, 0.05) is 0 Å². The minimum Gasteiger partial charge on any atom is -0.473 e. The van der Waals surface area contributed by atoms with E-state index in [9.17, 15) is 0 Å². The molecule has 0 saturated heterocycles.